The van der Waals surface area contributed by atoms with Gasteiger partial charge >= 0.3 is 0 Å². The molecule has 5 nitrogen and oxygen atoms in total. The van der Waals surface area contributed by atoms with Crippen molar-refractivity contribution in [2.75, 3.05) is 24.7 Å². The van der Waals surface area contributed by atoms with Gasteiger partial charge in [-0.2, -0.15) is 0 Å². The number of carbonyl (C=O) groups excluding carboxylic acids is 1. The van der Waals surface area contributed by atoms with Crippen molar-refractivity contribution in [1.29, 1.82) is 0 Å². The normalized spacial score (nSPS) is 12.0. The van der Waals surface area contributed by atoms with E-state index >= 15 is 0 Å². The summed E-state index contributed by atoms with van der Waals surface area (Å²) in [5, 5.41) is 2.79. The molecule has 0 saturated heterocycles. The predicted molar refractivity (Wildman–Crippen MR) is 93.4 cm³/mol. The van der Waals surface area contributed by atoms with Gasteiger partial charge in [0.25, 0.3) is 0 Å². The van der Waals surface area contributed by atoms with Gasteiger partial charge in [0.15, 0.2) is 0 Å². The van der Waals surface area contributed by atoms with E-state index in [4.69, 9.17) is 0 Å². The maximum absolute atomic E-state index is 12.0. The summed E-state index contributed by atoms with van der Waals surface area (Å²) >= 11 is 3.40. The smallest absolute Gasteiger partial charge is 0.225 e. The van der Waals surface area contributed by atoms with Crippen LogP contribution >= 0.6 is 15.9 Å². The minimum Gasteiger partial charge on any atom is -0.325 e. The lowest BCUT2D eigenvalue weighted by Gasteiger charge is -2.21. The highest BCUT2D eigenvalue weighted by Gasteiger charge is 2.19. The number of benzene rings is 1. The number of hydrogen-bond donors (Lipinski definition) is 1. The Balaban J connectivity index is 2.64. The summed E-state index contributed by atoms with van der Waals surface area (Å²) in [6.45, 7) is 6.46. The topological polar surface area (TPSA) is 66.5 Å². The zero-order valence-corrected chi connectivity index (χ0v) is 15.8. The van der Waals surface area contributed by atoms with Crippen LogP contribution in [0.25, 0.3) is 0 Å². The quantitative estimate of drug-likeness (QED) is 0.777. The van der Waals surface area contributed by atoms with Crippen molar-refractivity contribution in [2.24, 2.45) is 5.92 Å². The SMILES string of the molecule is Cc1ccc(NC(=O)CCN(CC(C)C)S(C)(=O)=O)c(Br)c1. The van der Waals surface area contributed by atoms with E-state index in [1.807, 2.05) is 39.0 Å². The molecule has 1 rings (SSSR count). The van der Waals surface area contributed by atoms with Gasteiger partial charge in [-0.1, -0.05) is 19.9 Å². The zero-order valence-electron chi connectivity index (χ0n) is 13.4. The Morgan fingerprint density at radius 3 is 2.50 bits per heavy atom. The van der Waals surface area contributed by atoms with Gasteiger partial charge in [-0.15, -0.1) is 0 Å². The Kier molecular flexibility index (Phi) is 7.02. The Hall–Kier alpha value is -0.920. The third-order valence-electron chi connectivity index (χ3n) is 3.02. The molecule has 124 valence electrons. The first kappa shape index (κ1) is 19.1. The van der Waals surface area contributed by atoms with E-state index in [0.29, 0.717) is 12.2 Å². The van der Waals surface area contributed by atoms with Crippen molar-refractivity contribution in [3.05, 3.63) is 28.2 Å². The molecule has 22 heavy (non-hydrogen) atoms. The molecule has 0 unspecified atom stereocenters. The van der Waals surface area contributed by atoms with Crippen molar-refractivity contribution >= 4 is 37.5 Å². The Morgan fingerprint density at radius 2 is 2.00 bits per heavy atom. The fourth-order valence-corrected chi connectivity index (χ4v) is 3.54. The number of halogens is 1. The molecular formula is C15H23BrN2O3S. The third kappa shape index (κ3) is 6.46. The minimum atomic E-state index is -3.30. The first-order valence-corrected chi connectivity index (χ1v) is 9.75. The number of carbonyl (C=O) groups is 1. The van der Waals surface area contributed by atoms with E-state index in [1.165, 1.54) is 10.6 Å². The molecule has 0 fully saturated rings. The van der Waals surface area contributed by atoms with Crippen molar-refractivity contribution in [1.82, 2.24) is 4.31 Å². The number of sulfonamides is 1. The summed E-state index contributed by atoms with van der Waals surface area (Å²) in [5.41, 5.74) is 1.77. The molecular weight excluding hydrogens is 368 g/mol. The van der Waals surface area contributed by atoms with Crippen LogP contribution < -0.4 is 5.32 Å². The Morgan fingerprint density at radius 1 is 1.36 bits per heavy atom. The van der Waals surface area contributed by atoms with Gasteiger partial charge < -0.3 is 5.32 Å². The number of amides is 1. The summed E-state index contributed by atoms with van der Waals surface area (Å²) in [6.07, 6.45) is 1.30. The summed E-state index contributed by atoms with van der Waals surface area (Å²) in [4.78, 5) is 12.0. The molecule has 1 aromatic rings. The van der Waals surface area contributed by atoms with Crippen LogP contribution in [-0.2, 0) is 14.8 Å². The highest BCUT2D eigenvalue weighted by molar-refractivity contribution is 9.10. The third-order valence-corrected chi connectivity index (χ3v) is 4.95. The fraction of sp³-hybridized carbons (Fsp3) is 0.533. The van der Waals surface area contributed by atoms with Gasteiger partial charge in [-0.05, 0) is 46.5 Å². The van der Waals surface area contributed by atoms with Gasteiger partial charge in [-0.3, -0.25) is 4.79 Å². The predicted octanol–water partition coefficient (Wildman–Crippen LogP) is 3.00. The highest BCUT2D eigenvalue weighted by atomic mass is 79.9. The van der Waals surface area contributed by atoms with E-state index in [2.05, 4.69) is 21.2 Å². The largest absolute Gasteiger partial charge is 0.325 e. The van der Waals surface area contributed by atoms with Crippen LogP contribution in [-0.4, -0.2) is 38.0 Å². The zero-order chi connectivity index (χ0) is 16.9. The molecule has 0 atom stereocenters. The number of anilines is 1. The fourth-order valence-electron chi connectivity index (χ4n) is 1.96. The molecule has 0 aliphatic rings. The van der Waals surface area contributed by atoms with Gasteiger partial charge in [0.05, 0.1) is 11.9 Å². The molecule has 0 heterocycles. The Labute approximate surface area is 141 Å². The molecule has 7 heteroatoms. The van der Waals surface area contributed by atoms with Crippen LogP contribution in [0.4, 0.5) is 5.69 Å². The second-order valence-corrected chi connectivity index (χ2v) is 8.63. The van der Waals surface area contributed by atoms with Crippen LogP contribution in [0.1, 0.15) is 25.8 Å². The van der Waals surface area contributed by atoms with E-state index in [1.54, 1.807) is 0 Å². The molecule has 1 amide bonds. The highest BCUT2D eigenvalue weighted by Crippen LogP contribution is 2.23. The average molecular weight is 391 g/mol. The van der Waals surface area contributed by atoms with E-state index in [-0.39, 0.29) is 24.8 Å². The van der Waals surface area contributed by atoms with Crippen molar-refractivity contribution in [3.8, 4) is 0 Å². The lowest BCUT2D eigenvalue weighted by Crippen LogP contribution is -2.35. The van der Waals surface area contributed by atoms with Crippen LogP contribution in [0, 0.1) is 12.8 Å². The van der Waals surface area contributed by atoms with E-state index < -0.39 is 10.0 Å². The second-order valence-electron chi connectivity index (χ2n) is 5.80. The molecule has 0 saturated carbocycles. The first-order valence-electron chi connectivity index (χ1n) is 7.10. The standard InChI is InChI=1S/C15H23BrN2O3S/c1-11(2)10-18(22(4,20)21)8-7-15(19)17-14-6-5-12(3)9-13(14)16/h5-6,9,11H,7-8,10H2,1-4H3,(H,17,19). The summed E-state index contributed by atoms with van der Waals surface area (Å²) < 4.78 is 25.6. The number of nitrogens with zero attached hydrogens (tertiary/aromatic N) is 1. The number of nitrogens with one attached hydrogen (secondary N) is 1. The second kappa shape index (κ2) is 8.08. The number of aryl methyl sites for hydroxylation is 1. The lowest BCUT2D eigenvalue weighted by molar-refractivity contribution is -0.116. The maximum Gasteiger partial charge on any atom is 0.225 e. The van der Waals surface area contributed by atoms with E-state index in [0.717, 1.165) is 10.0 Å². The molecule has 0 bridgehead atoms. The first-order chi connectivity index (χ1) is 10.1. The van der Waals surface area contributed by atoms with E-state index in [9.17, 15) is 13.2 Å². The average Bonchev–Trinajstić information content (AvgIpc) is 2.36. The van der Waals surface area contributed by atoms with Gasteiger partial charge in [-0.25, -0.2) is 12.7 Å². The lowest BCUT2D eigenvalue weighted by atomic mass is 10.2. The summed E-state index contributed by atoms with van der Waals surface area (Å²) in [7, 11) is -3.30. The molecule has 0 aliphatic heterocycles. The van der Waals surface area contributed by atoms with Crippen LogP contribution in [0.3, 0.4) is 0 Å². The molecule has 0 spiro atoms. The molecule has 1 N–H and O–H groups in total. The summed E-state index contributed by atoms with van der Waals surface area (Å²) in [6, 6.07) is 5.64. The monoisotopic (exact) mass is 390 g/mol. The van der Waals surface area contributed by atoms with Crippen LogP contribution in [0.2, 0.25) is 0 Å². The summed E-state index contributed by atoms with van der Waals surface area (Å²) in [5.74, 6) is 0.00554. The Bertz CT molecular complexity index is 630. The molecule has 1 aromatic carbocycles. The van der Waals surface area contributed by atoms with Gasteiger partial charge in [0.1, 0.15) is 0 Å². The van der Waals surface area contributed by atoms with Gasteiger partial charge in [0, 0.05) is 24.0 Å². The van der Waals surface area contributed by atoms with Crippen molar-refractivity contribution < 1.29 is 13.2 Å². The maximum atomic E-state index is 12.0. The van der Waals surface area contributed by atoms with Crippen LogP contribution in [0.15, 0.2) is 22.7 Å². The minimum absolute atomic E-state index is 0.125. The number of rotatable bonds is 7. The van der Waals surface area contributed by atoms with Gasteiger partial charge in [0.2, 0.25) is 15.9 Å². The molecule has 0 radical (unpaired) electrons. The number of hydrogen-bond acceptors (Lipinski definition) is 3. The van der Waals surface area contributed by atoms with Crippen LogP contribution in [0.5, 0.6) is 0 Å². The van der Waals surface area contributed by atoms with Crippen molar-refractivity contribution in [3.63, 3.8) is 0 Å². The molecule has 0 aliphatic carbocycles. The molecule has 0 aromatic heterocycles. The van der Waals surface area contributed by atoms with Crippen molar-refractivity contribution in [2.45, 2.75) is 27.2 Å².